The number of phenols is 1. The highest BCUT2D eigenvalue weighted by atomic mass is 127. The van der Waals surface area contributed by atoms with Crippen molar-refractivity contribution in [1.82, 2.24) is 5.43 Å². The van der Waals surface area contributed by atoms with E-state index in [2.05, 4.69) is 33.1 Å². The summed E-state index contributed by atoms with van der Waals surface area (Å²) in [6.07, 6.45) is 1.49. The fourth-order valence-corrected chi connectivity index (χ4v) is 4.62. The van der Waals surface area contributed by atoms with Crippen LogP contribution in [0.2, 0.25) is 10.0 Å². The number of nitrogens with zero attached hydrogens (tertiary/aromatic N) is 1. The molecule has 0 radical (unpaired) electrons. The molecule has 0 fully saturated rings. The highest BCUT2D eigenvalue weighted by molar-refractivity contribution is 14.1. The van der Waals surface area contributed by atoms with Crippen LogP contribution < -0.4 is 14.9 Å². The van der Waals surface area contributed by atoms with Crippen molar-refractivity contribution >= 4 is 68.7 Å². The van der Waals surface area contributed by atoms with Crippen LogP contribution >= 0.6 is 45.8 Å². The highest BCUT2D eigenvalue weighted by Gasteiger charge is 2.14. The molecule has 0 aliphatic carbocycles. The second kappa shape index (κ2) is 11.2. The van der Waals surface area contributed by atoms with Gasteiger partial charge in [0, 0.05) is 15.6 Å². The number of phenolic OH excluding ortho intramolecular Hbond substituents is 1. The first-order valence-electron chi connectivity index (χ1n) is 10.3. The lowest BCUT2D eigenvalue weighted by Gasteiger charge is -2.14. The van der Waals surface area contributed by atoms with Crippen molar-refractivity contribution in [2.75, 3.05) is 7.11 Å². The first-order valence-corrected chi connectivity index (χ1v) is 12.2. The van der Waals surface area contributed by atoms with E-state index in [1.807, 2.05) is 30.3 Å². The Hall–Kier alpha value is -3.01. The van der Waals surface area contributed by atoms with Gasteiger partial charge in [-0.3, -0.25) is 4.79 Å². The van der Waals surface area contributed by atoms with Gasteiger partial charge in [0.25, 0.3) is 5.91 Å². The molecule has 0 aromatic heterocycles. The number of halogens is 3. The Kier molecular flexibility index (Phi) is 8.00. The van der Waals surface area contributed by atoms with Crippen LogP contribution in [0.15, 0.2) is 71.8 Å². The van der Waals surface area contributed by atoms with Gasteiger partial charge in [-0.1, -0.05) is 53.5 Å². The molecule has 0 aliphatic rings. The number of hydrazone groups is 1. The lowest BCUT2D eigenvalue weighted by Crippen LogP contribution is -2.17. The summed E-state index contributed by atoms with van der Waals surface area (Å²) in [6, 6.07) is 19.4. The maximum atomic E-state index is 12.6. The van der Waals surface area contributed by atoms with E-state index in [0.29, 0.717) is 27.1 Å². The van der Waals surface area contributed by atoms with E-state index in [1.54, 1.807) is 43.5 Å². The number of hydrogen-bond donors (Lipinski definition) is 2. The van der Waals surface area contributed by atoms with Crippen molar-refractivity contribution in [3.63, 3.8) is 0 Å². The Bertz CT molecular complexity index is 1440. The minimum atomic E-state index is -0.522. The summed E-state index contributed by atoms with van der Waals surface area (Å²) in [4.78, 5) is 12.6. The summed E-state index contributed by atoms with van der Waals surface area (Å²) in [7, 11) is 1.54. The van der Waals surface area contributed by atoms with Crippen LogP contribution in [0.4, 0.5) is 0 Å². The molecule has 0 bridgehead atoms. The molecule has 0 atom stereocenters. The lowest BCUT2D eigenvalue weighted by atomic mass is 10.1. The number of ether oxygens (including phenoxy) is 2. The Balaban J connectivity index is 1.47. The van der Waals surface area contributed by atoms with Crippen LogP contribution in [0.5, 0.6) is 17.2 Å². The summed E-state index contributed by atoms with van der Waals surface area (Å²) in [6.45, 7) is 0.237. The van der Waals surface area contributed by atoms with E-state index in [4.69, 9.17) is 32.7 Å². The molecule has 1 amide bonds. The fourth-order valence-electron chi connectivity index (χ4n) is 3.38. The van der Waals surface area contributed by atoms with Gasteiger partial charge in [-0.05, 0) is 75.3 Å². The van der Waals surface area contributed by atoms with Crippen molar-refractivity contribution < 1.29 is 19.4 Å². The number of benzene rings is 4. The number of aromatic hydroxyl groups is 1. The van der Waals surface area contributed by atoms with Crippen LogP contribution in [0.25, 0.3) is 10.8 Å². The smallest absolute Gasteiger partial charge is 0.275 e. The predicted octanol–water partition coefficient (Wildman–Crippen LogP) is 6.81. The first kappa shape index (κ1) is 25.1. The summed E-state index contributed by atoms with van der Waals surface area (Å²) in [5.74, 6) is 0.421. The molecular weight excluding hydrogens is 602 g/mol. The number of rotatable bonds is 7. The molecule has 0 aliphatic heterocycles. The number of nitrogens with one attached hydrogen (secondary N) is 1. The third-order valence-electron chi connectivity index (χ3n) is 5.13. The van der Waals surface area contributed by atoms with Crippen LogP contribution in [-0.4, -0.2) is 24.3 Å². The molecule has 35 heavy (non-hydrogen) atoms. The number of amides is 1. The van der Waals surface area contributed by atoms with E-state index in [1.165, 1.54) is 6.21 Å². The second-order valence-corrected chi connectivity index (χ2v) is 9.48. The van der Waals surface area contributed by atoms with Gasteiger partial charge in [-0.2, -0.15) is 5.10 Å². The largest absolute Gasteiger partial charge is 0.507 e. The van der Waals surface area contributed by atoms with Crippen molar-refractivity contribution in [2.45, 2.75) is 6.61 Å². The molecule has 0 saturated carbocycles. The SMILES string of the molecule is COc1cc(C=NNC(=O)c2cc3ccccc3cc2O)cc(I)c1OCc1ccc(Cl)cc1Cl. The Morgan fingerprint density at radius 3 is 2.54 bits per heavy atom. The molecule has 2 N–H and O–H groups in total. The number of carbonyl (C=O) groups excluding carboxylic acids is 1. The van der Waals surface area contributed by atoms with E-state index in [9.17, 15) is 9.90 Å². The molecule has 0 heterocycles. The molecule has 4 aromatic carbocycles. The molecule has 6 nitrogen and oxygen atoms in total. The Morgan fingerprint density at radius 1 is 1.09 bits per heavy atom. The van der Waals surface area contributed by atoms with Gasteiger partial charge in [0.15, 0.2) is 11.5 Å². The zero-order valence-corrected chi connectivity index (χ0v) is 22.1. The maximum Gasteiger partial charge on any atom is 0.275 e. The first-order chi connectivity index (χ1) is 16.9. The van der Waals surface area contributed by atoms with Crippen LogP contribution in [0.1, 0.15) is 21.5 Å². The minimum absolute atomic E-state index is 0.116. The summed E-state index contributed by atoms with van der Waals surface area (Å²) in [5, 5.41) is 17.0. The highest BCUT2D eigenvalue weighted by Crippen LogP contribution is 2.35. The number of fused-ring (bicyclic) bond motifs is 1. The predicted molar refractivity (Wildman–Crippen MR) is 147 cm³/mol. The van der Waals surface area contributed by atoms with Gasteiger partial charge < -0.3 is 14.6 Å². The van der Waals surface area contributed by atoms with Crippen molar-refractivity contribution in [3.8, 4) is 17.2 Å². The molecule has 0 saturated heterocycles. The van der Waals surface area contributed by atoms with E-state index >= 15 is 0 Å². The fraction of sp³-hybridized carbons (Fsp3) is 0.0769. The summed E-state index contributed by atoms with van der Waals surface area (Å²) >= 11 is 14.3. The quantitative estimate of drug-likeness (QED) is 0.135. The second-order valence-electron chi connectivity index (χ2n) is 7.47. The minimum Gasteiger partial charge on any atom is -0.507 e. The van der Waals surface area contributed by atoms with Crippen molar-refractivity contribution in [2.24, 2.45) is 5.10 Å². The maximum absolute atomic E-state index is 12.6. The molecule has 9 heteroatoms. The van der Waals surface area contributed by atoms with Gasteiger partial charge in [0.2, 0.25) is 0 Å². The van der Waals surface area contributed by atoms with Gasteiger partial charge in [-0.15, -0.1) is 0 Å². The Morgan fingerprint density at radius 2 is 1.83 bits per heavy atom. The lowest BCUT2D eigenvalue weighted by molar-refractivity contribution is 0.0952. The van der Waals surface area contributed by atoms with Gasteiger partial charge in [0.05, 0.1) is 22.5 Å². The van der Waals surface area contributed by atoms with E-state index < -0.39 is 5.91 Å². The van der Waals surface area contributed by atoms with Crippen molar-refractivity contribution in [3.05, 3.63) is 97.0 Å². The van der Waals surface area contributed by atoms with Crippen molar-refractivity contribution in [1.29, 1.82) is 0 Å². The topological polar surface area (TPSA) is 80.2 Å². The van der Waals surface area contributed by atoms with Crippen LogP contribution in [-0.2, 0) is 6.61 Å². The molecule has 4 rings (SSSR count). The van der Waals surface area contributed by atoms with E-state index in [0.717, 1.165) is 19.9 Å². The molecule has 0 unspecified atom stereocenters. The molecular formula is C26H19Cl2IN2O4. The van der Waals surface area contributed by atoms with Gasteiger partial charge in [-0.25, -0.2) is 5.43 Å². The number of carbonyl (C=O) groups is 1. The van der Waals surface area contributed by atoms with E-state index in [-0.39, 0.29) is 17.9 Å². The molecule has 178 valence electrons. The zero-order valence-electron chi connectivity index (χ0n) is 18.4. The average molecular weight is 621 g/mol. The number of hydrogen-bond acceptors (Lipinski definition) is 5. The Labute approximate surface area is 225 Å². The monoisotopic (exact) mass is 620 g/mol. The third kappa shape index (κ3) is 5.98. The average Bonchev–Trinajstić information content (AvgIpc) is 2.83. The third-order valence-corrected chi connectivity index (χ3v) is 6.52. The van der Waals surface area contributed by atoms with Gasteiger partial charge >= 0.3 is 0 Å². The van der Waals surface area contributed by atoms with Crippen LogP contribution in [0, 0.1) is 3.57 Å². The summed E-state index contributed by atoms with van der Waals surface area (Å²) < 4.78 is 12.2. The van der Waals surface area contributed by atoms with Gasteiger partial charge in [0.1, 0.15) is 12.4 Å². The zero-order chi connectivity index (χ0) is 24.9. The number of methoxy groups -OCH3 is 1. The molecule has 0 spiro atoms. The standard InChI is InChI=1S/C26H19Cl2IN2O4/c1-34-24-9-15(8-22(29)25(24)35-14-18-6-7-19(27)12-21(18)28)13-30-31-26(33)20-10-16-4-2-3-5-17(16)11-23(20)32/h2-13,32H,14H2,1H3,(H,31,33). The summed E-state index contributed by atoms with van der Waals surface area (Å²) in [5.41, 5.74) is 4.07. The normalized spacial score (nSPS) is 11.1. The molecule has 4 aromatic rings. The van der Waals surface area contributed by atoms with Crippen LogP contribution in [0.3, 0.4) is 0 Å².